The largest absolute Gasteiger partial charge is 0.390 e. The van der Waals surface area contributed by atoms with Gasteiger partial charge in [-0.05, 0) is 35.9 Å². The Hall–Kier alpha value is -3.09. The lowest BCUT2D eigenvalue weighted by atomic mass is 10.1. The molecule has 0 aliphatic rings. The zero-order valence-corrected chi connectivity index (χ0v) is 13.5. The van der Waals surface area contributed by atoms with Crippen LogP contribution in [0.25, 0.3) is 28.0 Å². The van der Waals surface area contributed by atoms with Gasteiger partial charge in [0.25, 0.3) is 0 Å². The molecule has 0 amide bonds. The van der Waals surface area contributed by atoms with Gasteiger partial charge in [-0.3, -0.25) is 4.98 Å². The molecule has 0 radical (unpaired) electrons. The van der Waals surface area contributed by atoms with Gasteiger partial charge in [0.05, 0.1) is 29.7 Å². The van der Waals surface area contributed by atoms with E-state index >= 15 is 0 Å². The highest BCUT2D eigenvalue weighted by Gasteiger charge is 2.09. The monoisotopic (exact) mass is 331 g/mol. The van der Waals surface area contributed by atoms with Gasteiger partial charge in [0.1, 0.15) is 0 Å². The lowest BCUT2D eigenvalue weighted by Gasteiger charge is -2.07. The molecular weight excluding hydrogens is 314 g/mol. The highest BCUT2D eigenvalue weighted by atomic mass is 16.3. The molecule has 0 fully saturated rings. The first-order chi connectivity index (χ1) is 12.3. The van der Waals surface area contributed by atoms with Gasteiger partial charge >= 0.3 is 0 Å². The summed E-state index contributed by atoms with van der Waals surface area (Å²) in [6.45, 7) is 0.377. The Balaban J connectivity index is 1.84. The van der Waals surface area contributed by atoms with Gasteiger partial charge in [0.2, 0.25) is 0 Å². The van der Waals surface area contributed by atoms with E-state index in [0.717, 1.165) is 27.7 Å². The predicted octanol–water partition coefficient (Wildman–Crippen LogP) is 2.43. The molecule has 0 saturated heterocycles. The van der Waals surface area contributed by atoms with Gasteiger partial charge in [-0.15, -0.1) is 0 Å². The number of hydrogen-bond donors (Lipinski definition) is 2. The van der Waals surface area contributed by atoms with Crippen LogP contribution in [0.2, 0.25) is 0 Å². The third kappa shape index (κ3) is 2.88. The number of benzene rings is 1. The highest BCUT2D eigenvalue weighted by molar-refractivity contribution is 5.84. The topological polar surface area (TPSA) is 89.8 Å². The molecule has 3 aromatic heterocycles. The van der Waals surface area contributed by atoms with Crippen molar-refractivity contribution in [1.82, 2.24) is 19.7 Å². The van der Waals surface area contributed by atoms with Gasteiger partial charge in [-0.1, -0.05) is 18.2 Å². The third-order valence-corrected chi connectivity index (χ3v) is 4.10. The molecule has 0 aliphatic carbocycles. The Bertz CT molecular complexity index is 1040. The van der Waals surface area contributed by atoms with Gasteiger partial charge in [-0.2, -0.15) is 5.10 Å². The number of hydrogen-bond acceptors (Lipinski definition) is 5. The smallest absolute Gasteiger partial charge is 0.154 e. The lowest BCUT2D eigenvalue weighted by molar-refractivity contribution is 0.276. The van der Waals surface area contributed by atoms with E-state index in [0.29, 0.717) is 18.1 Å². The SMILES string of the molecule is NCc1ccnc(-c2ccc3cnn(-c4cccc(CO)n4)c3c2)c1. The number of aromatic nitrogens is 4. The molecule has 4 aromatic rings. The van der Waals surface area contributed by atoms with Crippen molar-refractivity contribution < 1.29 is 5.11 Å². The Morgan fingerprint density at radius 2 is 2.00 bits per heavy atom. The molecule has 0 unspecified atom stereocenters. The number of fused-ring (bicyclic) bond motifs is 1. The molecule has 0 saturated carbocycles. The van der Waals surface area contributed by atoms with Crippen LogP contribution in [0.3, 0.4) is 0 Å². The Labute approximate surface area is 144 Å². The maximum absolute atomic E-state index is 9.30. The van der Waals surface area contributed by atoms with Crippen LogP contribution >= 0.6 is 0 Å². The number of rotatable bonds is 4. The average Bonchev–Trinajstić information content (AvgIpc) is 3.11. The van der Waals surface area contributed by atoms with Crippen LogP contribution in [0.15, 0.2) is 60.9 Å². The molecule has 3 N–H and O–H groups in total. The number of nitrogens with two attached hydrogens (primary N) is 1. The molecule has 6 nitrogen and oxygen atoms in total. The number of aliphatic hydroxyl groups excluding tert-OH is 1. The van der Waals surface area contributed by atoms with Crippen LogP contribution in [0.4, 0.5) is 0 Å². The number of aliphatic hydroxyl groups is 1. The molecule has 0 bridgehead atoms. The lowest BCUT2D eigenvalue weighted by Crippen LogP contribution is -2.01. The van der Waals surface area contributed by atoms with E-state index in [-0.39, 0.29) is 6.61 Å². The minimum Gasteiger partial charge on any atom is -0.390 e. The van der Waals surface area contributed by atoms with E-state index in [4.69, 9.17) is 5.73 Å². The minimum atomic E-state index is -0.103. The summed E-state index contributed by atoms with van der Waals surface area (Å²) >= 11 is 0. The van der Waals surface area contributed by atoms with E-state index in [2.05, 4.69) is 15.1 Å². The van der Waals surface area contributed by atoms with E-state index in [9.17, 15) is 5.11 Å². The molecular formula is C19H17N5O. The first-order valence-electron chi connectivity index (χ1n) is 7.99. The van der Waals surface area contributed by atoms with Crippen LogP contribution < -0.4 is 5.73 Å². The fourth-order valence-corrected chi connectivity index (χ4v) is 2.79. The summed E-state index contributed by atoms with van der Waals surface area (Å²) in [5.74, 6) is 0.669. The maximum atomic E-state index is 9.30. The van der Waals surface area contributed by atoms with Crippen molar-refractivity contribution in [2.75, 3.05) is 0 Å². The maximum Gasteiger partial charge on any atom is 0.154 e. The Morgan fingerprint density at radius 1 is 1.08 bits per heavy atom. The first-order valence-corrected chi connectivity index (χ1v) is 7.99. The van der Waals surface area contributed by atoms with Crippen molar-refractivity contribution in [3.05, 3.63) is 72.2 Å². The summed E-state index contributed by atoms with van der Waals surface area (Å²) in [4.78, 5) is 8.88. The molecule has 25 heavy (non-hydrogen) atoms. The van der Waals surface area contributed by atoms with Crippen molar-refractivity contribution in [1.29, 1.82) is 0 Å². The average molecular weight is 331 g/mol. The van der Waals surface area contributed by atoms with Crippen LogP contribution in [-0.2, 0) is 13.2 Å². The Morgan fingerprint density at radius 3 is 2.84 bits per heavy atom. The second kappa shape index (κ2) is 6.43. The van der Waals surface area contributed by atoms with Gasteiger partial charge in [0, 0.05) is 23.7 Å². The first kappa shape index (κ1) is 15.4. The van der Waals surface area contributed by atoms with Crippen LogP contribution in [0.5, 0.6) is 0 Å². The summed E-state index contributed by atoms with van der Waals surface area (Å²) in [5.41, 5.74) is 10.2. The van der Waals surface area contributed by atoms with E-state index < -0.39 is 0 Å². The van der Waals surface area contributed by atoms with Crippen molar-refractivity contribution in [2.45, 2.75) is 13.2 Å². The van der Waals surface area contributed by atoms with Crippen LogP contribution in [-0.4, -0.2) is 24.9 Å². The zero-order chi connectivity index (χ0) is 17.2. The summed E-state index contributed by atoms with van der Waals surface area (Å²) in [6, 6.07) is 15.5. The van der Waals surface area contributed by atoms with E-state index in [1.165, 1.54) is 0 Å². The quantitative estimate of drug-likeness (QED) is 0.599. The summed E-state index contributed by atoms with van der Waals surface area (Å²) in [6.07, 6.45) is 3.57. The summed E-state index contributed by atoms with van der Waals surface area (Å²) in [7, 11) is 0. The van der Waals surface area contributed by atoms with E-state index in [1.54, 1.807) is 23.1 Å². The van der Waals surface area contributed by atoms with Crippen LogP contribution in [0.1, 0.15) is 11.3 Å². The molecule has 1 aromatic carbocycles. The zero-order valence-electron chi connectivity index (χ0n) is 13.5. The van der Waals surface area contributed by atoms with Crippen molar-refractivity contribution in [3.8, 4) is 17.1 Å². The highest BCUT2D eigenvalue weighted by Crippen LogP contribution is 2.25. The number of nitrogens with zero attached hydrogens (tertiary/aromatic N) is 4. The van der Waals surface area contributed by atoms with Gasteiger partial charge in [0.15, 0.2) is 5.82 Å². The van der Waals surface area contributed by atoms with Crippen molar-refractivity contribution >= 4 is 10.9 Å². The second-order valence-electron chi connectivity index (χ2n) is 5.73. The van der Waals surface area contributed by atoms with Gasteiger partial charge < -0.3 is 10.8 Å². The molecule has 0 atom stereocenters. The third-order valence-electron chi connectivity index (χ3n) is 4.10. The Kier molecular flexibility index (Phi) is 3.97. The molecule has 6 heteroatoms. The van der Waals surface area contributed by atoms with Gasteiger partial charge in [-0.25, -0.2) is 9.67 Å². The molecule has 0 aliphatic heterocycles. The molecule has 4 rings (SSSR count). The van der Waals surface area contributed by atoms with E-state index in [1.807, 2.05) is 42.5 Å². The second-order valence-corrected chi connectivity index (χ2v) is 5.73. The molecule has 124 valence electrons. The fourth-order valence-electron chi connectivity index (χ4n) is 2.79. The number of pyridine rings is 2. The summed E-state index contributed by atoms with van der Waals surface area (Å²) in [5, 5.41) is 14.8. The standard InChI is InChI=1S/C19H17N5O/c20-10-13-6-7-21-17(8-13)14-4-5-15-11-22-24(18(15)9-14)19-3-1-2-16(12-25)23-19/h1-9,11,25H,10,12,20H2. The summed E-state index contributed by atoms with van der Waals surface area (Å²) < 4.78 is 1.77. The van der Waals surface area contributed by atoms with Crippen molar-refractivity contribution in [3.63, 3.8) is 0 Å². The molecule has 0 spiro atoms. The predicted molar refractivity (Wildman–Crippen MR) is 95.9 cm³/mol. The minimum absolute atomic E-state index is 0.103. The normalized spacial score (nSPS) is 11.1. The van der Waals surface area contributed by atoms with Crippen molar-refractivity contribution in [2.24, 2.45) is 5.73 Å². The fraction of sp³-hybridized carbons (Fsp3) is 0.105. The van der Waals surface area contributed by atoms with Crippen LogP contribution in [0, 0.1) is 0 Å². The molecule has 3 heterocycles.